The molecule has 0 saturated heterocycles. The number of halogens is 3. The Balaban J connectivity index is 3.50. The van der Waals surface area contributed by atoms with Crippen LogP contribution < -0.4 is 5.73 Å². The maximum Gasteiger partial charge on any atom is 0.417 e. The van der Waals surface area contributed by atoms with Gasteiger partial charge in [0, 0.05) is 19.6 Å². The fourth-order valence-corrected chi connectivity index (χ4v) is 3.16. The van der Waals surface area contributed by atoms with E-state index >= 15 is 0 Å². The molecule has 0 aliphatic heterocycles. The maximum absolute atomic E-state index is 13.1. The van der Waals surface area contributed by atoms with E-state index in [1.807, 2.05) is 0 Å². The molecule has 23 heavy (non-hydrogen) atoms. The average molecular weight is 354 g/mol. The molecule has 6 nitrogen and oxygen atoms in total. The number of hydrogen-bond acceptors (Lipinski definition) is 5. The maximum atomic E-state index is 13.1. The first-order valence-electron chi connectivity index (χ1n) is 6.44. The highest BCUT2D eigenvalue weighted by Crippen LogP contribution is 2.34. The fraction of sp³-hybridized carbons (Fsp3) is 0.462. The first kappa shape index (κ1) is 19.4. The summed E-state index contributed by atoms with van der Waals surface area (Å²) >= 11 is 0. The van der Waals surface area contributed by atoms with Crippen LogP contribution in [-0.4, -0.2) is 45.4 Å². The minimum atomic E-state index is -4.91. The van der Waals surface area contributed by atoms with Gasteiger partial charge in [-0.05, 0) is 25.1 Å². The van der Waals surface area contributed by atoms with Gasteiger partial charge in [0.15, 0.2) is 0 Å². The summed E-state index contributed by atoms with van der Waals surface area (Å²) < 4.78 is 69.2. The second-order valence-electron chi connectivity index (χ2n) is 4.80. The van der Waals surface area contributed by atoms with Crippen molar-refractivity contribution in [3.05, 3.63) is 29.3 Å². The predicted molar refractivity (Wildman–Crippen MR) is 76.2 cm³/mol. The van der Waals surface area contributed by atoms with Gasteiger partial charge in [0.05, 0.1) is 23.1 Å². The Morgan fingerprint density at radius 3 is 2.39 bits per heavy atom. The number of nitrogens with two attached hydrogens (primary N) is 1. The molecule has 0 bridgehead atoms. The van der Waals surface area contributed by atoms with E-state index in [0.29, 0.717) is 6.07 Å². The molecular formula is C13H17F3N2O4S. The highest BCUT2D eigenvalue weighted by atomic mass is 32.2. The lowest BCUT2D eigenvalue weighted by Gasteiger charge is -2.23. The fourth-order valence-electron chi connectivity index (χ4n) is 1.76. The van der Waals surface area contributed by atoms with Gasteiger partial charge in [0.2, 0.25) is 10.0 Å². The van der Waals surface area contributed by atoms with Crippen molar-refractivity contribution in [2.45, 2.75) is 24.0 Å². The molecular weight excluding hydrogens is 337 g/mol. The molecule has 1 rings (SSSR count). The predicted octanol–water partition coefficient (Wildman–Crippen LogP) is 1.46. The number of sulfonamides is 1. The van der Waals surface area contributed by atoms with Crippen LogP contribution in [0.1, 0.15) is 22.8 Å². The van der Waals surface area contributed by atoms with Crippen molar-refractivity contribution >= 4 is 16.0 Å². The molecule has 2 N–H and O–H groups in total. The summed E-state index contributed by atoms with van der Waals surface area (Å²) in [5, 5.41) is 0. The van der Waals surface area contributed by atoms with Gasteiger partial charge in [-0.2, -0.15) is 17.5 Å². The Morgan fingerprint density at radius 1 is 1.39 bits per heavy atom. The number of esters is 1. The van der Waals surface area contributed by atoms with Crippen molar-refractivity contribution < 1.29 is 31.1 Å². The number of ether oxygens (including phenoxy) is 1. The van der Waals surface area contributed by atoms with Gasteiger partial charge in [0.25, 0.3) is 0 Å². The van der Waals surface area contributed by atoms with Crippen molar-refractivity contribution in [1.29, 1.82) is 0 Å². The van der Waals surface area contributed by atoms with Crippen molar-refractivity contribution in [2.24, 2.45) is 5.73 Å². The number of alkyl halides is 3. The minimum Gasteiger partial charge on any atom is -0.465 e. The zero-order chi connectivity index (χ0) is 18.0. The third-order valence-electron chi connectivity index (χ3n) is 3.34. The third kappa shape index (κ3) is 4.01. The molecule has 0 amide bonds. The van der Waals surface area contributed by atoms with Crippen LogP contribution in [0.25, 0.3) is 0 Å². The Kier molecular flexibility index (Phi) is 5.78. The second-order valence-corrected chi connectivity index (χ2v) is 6.80. The van der Waals surface area contributed by atoms with Crippen LogP contribution in [0.2, 0.25) is 0 Å². The van der Waals surface area contributed by atoms with Crippen LogP contribution in [0.15, 0.2) is 23.1 Å². The summed E-state index contributed by atoms with van der Waals surface area (Å²) in [6.07, 6.45) is -4.91. The largest absolute Gasteiger partial charge is 0.465 e. The summed E-state index contributed by atoms with van der Waals surface area (Å²) in [6, 6.07) is 1.52. The first-order chi connectivity index (χ1) is 10.5. The minimum absolute atomic E-state index is 0.00209. The van der Waals surface area contributed by atoms with Gasteiger partial charge in [-0.15, -0.1) is 0 Å². The summed E-state index contributed by atoms with van der Waals surface area (Å²) in [5.74, 6) is -1.20. The van der Waals surface area contributed by atoms with Crippen LogP contribution >= 0.6 is 0 Å². The smallest absolute Gasteiger partial charge is 0.417 e. The standard InChI is InChI=1S/C13H17F3N2O4S/c1-8(7-17)18(2)23(20,21)9-4-5-10(12(19)22-3)11(6-9)13(14,15)16/h4-6,8H,7,17H2,1-3H3. The van der Waals surface area contributed by atoms with Gasteiger partial charge in [0.1, 0.15) is 0 Å². The lowest BCUT2D eigenvalue weighted by atomic mass is 10.1. The lowest BCUT2D eigenvalue weighted by Crippen LogP contribution is -2.39. The van der Waals surface area contributed by atoms with Gasteiger partial charge in [-0.1, -0.05) is 0 Å². The monoisotopic (exact) mass is 354 g/mol. The number of methoxy groups -OCH3 is 1. The van der Waals surface area contributed by atoms with Crippen molar-refractivity contribution in [3.63, 3.8) is 0 Å². The molecule has 1 atom stereocenters. The van der Waals surface area contributed by atoms with E-state index in [2.05, 4.69) is 4.74 Å². The molecule has 1 aromatic rings. The number of carbonyl (C=O) groups excluding carboxylic acids is 1. The molecule has 0 spiro atoms. The van der Waals surface area contributed by atoms with E-state index in [-0.39, 0.29) is 6.54 Å². The molecule has 0 saturated carbocycles. The summed E-state index contributed by atoms with van der Waals surface area (Å²) in [6.45, 7) is 1.52. The van der Waals surface area contributed by atoms with E-state index in [1.165, 1.54) is 14.0 Å². The molecule has 0 radical (unpaired) electrons. The molecule has 10 heteroatoms. The van der Waals surface area contributed by atoms with Crippen LogP contribution in [-0.2, 0) is 20.9 Å². The average Bonchev–Trinajstić information content (AvgIpc) is 2.50. The zero-order valence-corrected chi connectivity index (χ0v) is 13.5. The van der Waals surface area contributed by atoms with Crippen molar-refractivity contribution in [1.82, 2.24) is 4.31 Å². The highest BCUT2D eigenvalue weighted by molar-refractivity contribution is 7.89. The molecule has 1 unspecified atom stereocenters. The molecule has 0 aliphatic rings. The molecule has 0 aliphatic carbocycles. The van der Waals surface area contributed by atoms with Crippen molar-refractivity contribution in [2.75, 3.05) is 20.7 Å². The lowest BCUT2D eigenvalue weighted by molar-refractivity contribution is -0.138. The van der Waals surface area contributed by atoms with Gasteiger partial charge in [-0.25, -0.2) is 13.2 Å². The molecule has 1 aromatic carbocycles. The summed E-state index contributed by atoms with van der Waals surface area (Å²) in [7, 11) is -2.03. The van der Waals surface area contributed by atoms with Gasteiger partial charge in [-0.3, -0.25) is 0 Å². The number of likely N-dealkylation sites (N-methyl/N-ethyl adjacent to an activating group) is 1. The quantitative estimate of drug-likeness (QED) is 0.809. The first-order valence-corrected chi connectivity index (χ1v) is 7.88. The Labute approximate surface area is 132 Å². The van der Waals surface area contributed by atoms with E-state index in [1.54, 1.807) is 0 Å². The summed E-state index contributed by atoms with van der Waals surface area (Å²) in [5.41, 5.74) is 3.25. The van der Waals surface area contributed by atoms with Gasteiger partial charge >= 0.3 is 12.1 Å². The summed E-state index contributed by atoms with van der Waals surface area (Å²) in [4.78, 5) is 10.8. The van der Waals surface area contributed by atoms with E-state index in [9.17, 15) is 26.4 Å². The van der Waals surface area contributed by atoms with E-state index in [0.717, 1.165) is 23.5 Å². The Hall–Kier alpha value is -1.65. The van der Waals surface area contributed by atoms with Crippen LogP contribution in [0, 0.1) is 0 Å². The zero-order valence-electron chi connectivity index (χ0n) is 12.7. The van der Waals surface area contributed by atoms with Crippen LogP contribution in [0.3, 0.4) is 0 Å². The number of nitrogens with zero attached hydrogens (tertiary/aromatic N) is 1. The van der Waals surface area contributed by atoms with E-state index in [4.69, 9.17) is 5.73 Å². The van der Waals surface area contributed by atoms with Gasteiger partial charge < -0.3 is 10.5 Å². The molecule has 130 valence electrons. The Morgan fingerprint density at radius 2 is 1.96 bits per heavy atom. The number of hydrogen-bond donors (Lipinski definition) is 1. The Bertz CT molecular complexity index is 689. The molecule has 0 fully saturated rings. The number of carbonyl (C=O) groups is 1. The van der Waals surface area contributed by atoms with Crippen molar-refractivity contribution in [3.8, 4) is 0 Å². The second kappa shape index (κ2) is 6.85. The van der Waals surface area contributed by atoms with Crippen LogP contribution in [0.5, 0.6) is 0 Å². The normalized spacial score (nSPS) is 13.9. The highest BCUT2D eigenvalue weighted by Gasteiger charge is 2.37. The third-order valence-corrected chi connectivity index (χ3v) is 5.31. The molecule has 0 aromatic heterocycles. The van der Waals surface area contributed by atoms with E-state index < -0.39 is 44.2 Å². The molecule has 0 heterocycles. The van der Waals surface area contributed by atoms with Crippen LogP contribution in [0.4, 0.5) is 13.2 Å². The topological polar surface area (TPSA) is 89.7 Å². The number of benzene rings is 1. The number of rotatable bonds is 5. The SMILES string of the molecule is COC(=O)c1ccc(S(=O)(=O)N(C)C(C)CN)cc1C(F)(F)F.